The third kappa shape index (κ3) is 1.67. The summed E-state index contributed by atoms with van der Waals surface area (Å²) in [5.41, 5.74) is 8.78. The predicted molar refractivity (Wildman–Crippen MR) is 66.7 cm³/mol. The number of rotatable bonds is 2. The van der Waals surface area contributed by atoms with Crippen LogP contribution in [0.5, 0.6) is 0 Å². The van der Waals surface area contributed by atoms with Gasteiger partial charge in [-0.15, -0.1) is 0 Å². The summed E-state index contributed by atoms with van der Waals surface area (Å²) >= 11 is 0. The highest BCUT2D eigenvalue weighted by atomic mass is 16.3. The molecule has 4 nitrogen and oxygen atoms in total. The van der Waals surface area contributed by atoms with Gasteiger partial charge in [0.15, 0.2) is 0 Å². The van der Waals surface area contributed by atoms with Crippen molar-refractivity contribution in [3.63, 3.8) is 0 Å². The molecule has 0 radical (unpaired) electrons. The summed E-state index contributed by atoms with van der Waals surface area (Å²) in [5, 5.41) is 5.45. The van der Waals surface area contributed by atoms with Crippen molar-refractivity contribution in [2.45, 2.75) is 13.5 Å². The minimum Gasteiger partial charge on any atom is -0.464 e. The molecule has 0 atom stereocenters. The number of fused-ring (bicyclic) bond motifs is 1. The molecule has 17 heavy (non-hydrogen) atoms. The van der Waals surface area contributed by atoms with Gasteiger partial charge < -0.3 is 10.2 Å². The molecule has 0 bridgehead atoms. The van der Waals surface area contributed by atoms with Gasteiger partial charge in [0, 0.05) is 17.0 Å². The van der Waals surface area contributed by atoms with Crippen LogP contribution in [-0.4, -0.2) is 9.78 Å². The van der Waals surface area contributed by atoms with E-state index >= 15 is 0 Å². The van der Waals surface area contributed by atoms with Gasteiger partial charge in [-0.05, 0) is 13.0 Å². The number of anilines is 1. The Bertz CT molecular complexity index is 666. The second kappa shape index (κ2) is 3.66. The van der Waals surface area contributed by atoms with Gasteiger partial charge in [-0.25, -0.2) is 4.68 Å². The number of furan rings is 1. The summed E-state index contributed by atoms with van der Waals surface area (Å²) in [6.45, 7) is 2.57. The number of hydrogen-bond donors (Lipinski definition) is 1. The van der Waals surface area contributed by atoms with Crippen molar-refractivity contribution in [1.82, 2.24) is 9.78 Å². The van der Waals surface area contributed by atoms with Gasteiger partial charge in [0.05, 0.1) is 18.5 Å². The molecule has 0 saturated carbocycles. The van der Waals surface area contributed by atoms with Crippen molar-refractivity contribution in [3.05, 3.63) is 47.9 Å². The predicted octanol–water partition coefficient (Wildman–Crippen LogP) is 2.57. The molecule has 1 aromatic carbocycles. The summed E-state index contributed by atoms with van der Waals surface area (Å²) in [6, 6.07) is 9.82. The molecule has 0 saturated heterocycles. The highest BCUT2D eigenvalue weighted by Crippen LogP contribution is 2.22. The highest BCUT2D eigenvalue weighted by Gasteiger charge is 2.08. The first-order chi connectivity index (χ1) is 8.24. The van der Waals surface area contributed by atoms with Crippen LogP contribution in [-0.2, 0) is 6.54 Å². The van der Waals surface area contributed by atoms with Crippen LogP contribution in [0.2, 0.25) is 0 Å². The summed E-state index contributed by atoms with van der Waals surface area (Å²) in [6.07, 6.45) is 1.76. The molecular formula is C13H13N3O. The Morgan fingerprint density at radius 3 is 2.94 bits per heavy atom. The molecule has 2 aromatic heterocycles. The lowest BCUT2D eigenvalue weighted by molar-refractivity contribution is 0.601. The SMILES string of the molecule is Cc1cc(N)n(Cc2coc3ccccc23)n1. The summed E-state index contributed by atoms with van der Waals surface area (Å²) in [7, 11) is 0. The number of nitrogen functional groups attached to an aromatic ring is 1. The molecule has 0 aliphatic heterocycles. The Balaban J connectivity index is 2.03. The summed E-state index contributed by atoms with van der Waals surface area (Å²) < 4.78 is 7.27. The van der Waals surface area contributed by atoms with E-state index in [0.29, 0.717) is 12.4 Å². The Morgan fingerprint density at radius 2 is 2.18 bits per heavy atom. The number of aromatic nitrogens is 2. The van der Waals surface area contributed by atoms with E-state index in [1.54, 1.807) is 10.9 Å². The van der Waals surface area contributed by atoms with E-state index in [9.17, 15) is 0 Å². The number of hydrogen-bond acceptors (Lipinski definition) is 3. The fourth-order valence-electron chi connectivity index (χ4n) is 2.01. The first-order valence-electron chi connectivity index (χ1n) is 5.49. The average molecular weight is 227 g/mol. The molecule has 0 spiro atoms. The first-order valence-corrected chi connectivity index (χ1v) is 5.49. The van der Waals surface area contributed by atoms with Crippen LogP contribution in [0, 0.1) is 6.92 Å². The van der Waals surface area contributed by atoms with Crippen LogP contribution in [0.4, 0.5) is 5.82 Å². The second-order valence-electron chi connectivity index (χ2n) is 4.13. The lowest BCUT2D eigenvalue weighted by Crippen LogP contribution is -2.05. The quantitative estimate of drug-likeness (QED) is 0.732. The van der Waals surface area contributed by atoms with E-state index in [0.717, 1.165) is 22.2 Å². The maximum atomic E-state index is 5.87. The van der Waals surface area contributed by atoms with E-state index in [-0.39, 0.29) is 0 Å². The molecule has 0 aliphatic rings. The van der Waals surface area contributed by atoms with E-state index in [2.05, 4.69) is 5.10 Å². The molecule has 0 amide bonds. The van der Waals surface area contributed by atoms with Gasteiger partial charge >= 0.3 is 0 Å². The molecular weight excluding hydrogens is 214 g/mol. The van der Waals surface area contributed by atoms with Crippen molar-refractivity contribution < 1.29 is 4.42 Å². The van der Waals surface area contributed by atoms with Crippen molar-refractivity contribution >= 4 is 16.8 Å². The van der Waals surface area contributed by atoms with Gasteiger partial charge in [-0.3, -0.25) is 0 Å². The fourth-order valence-corrected chi connectivity index (χ4v) is 2.01. The zero-order valence-corrected chi connectivity index (χ0v) is 9.55. The number of para-hydroxylation sites is 1. The maximum Gasteiger partial charge on any atom is 0.134 e. The third-order valence-corrected chi connectivity index (χ3v) is 2.81. The molecule has 3 aromatic rings. The molecule has 3 rings (SSSR count). The van der Waals surface area contributed by atoms with Crippen LogP contribution in [0.3, 0.4) is 0 Å². The van der Waals surface area contributed by atoms with Crippen LogP contribution in [0.1, 0.15) is 11.3 Å². The van der Waals surface area contributed by atoms with Crippen molar-refractivity contribution in [1.29, 1.82) is 0 Å². The van der Waals surface area contributed by atoms with Crippen molar-refractivity contribution in [2.75, 3.05) is 5.73 Å². The van der Waals surface area contributed by atoms with Crippen LogP contribution in [0.15, 0.2) is 41.0 Å². The zero-order valence-electron chi connectivity index (χ0n) is 9.55. The summed E-state index contributed by atoms with van der Waals surface area (Å²) in [5.74, 6) is 0.674. The Morgan fingerprint density at radius 1 is 1.35 bits per heavy atom. The highest BCUT2D eigenvalue weighted by molar-refractivity contribution is 5.80. The minimum atomic E-state index is 0.636. The van der Waals surface area contributed by atoms with Crippen LogP contribution in [0.25, 0.3) is 11.0 Å². The molecule has 0 unspecified atom stereocenters. The lowest BCUT2D eigenvalue weighted by atomic mass is 10.2. The Labute approximate surface area is 98.6 Å². The van der Waals surface area contributed by atoms with Crippen molar-refractivity contribution in [3.8, 4) is 0 Å². The molecule has 2 N–H and O–H groups in total. The van der Waals surface area contributed by atoms with Crippen LogP contribution < -0.4 is 5.73 Å². The van der Waals surface area contributed by atoms with Crippen molar-refractivity contribution in [2.24, 2.45) is 0 Å². The smallest absolute Gasteiger partial charge is 0.134 e. The zero-order chi connectivity index (χ0) is 11.8. The second-order valence-corrected chi connectivity index (χ2v) is 4.13. The molecule has 0 fully saturated rings. The van der Waals surface area contributed by atoms with E-state index < -0.39 is 0 Å². The van der Waals surface area contributed by atoms with Gasteiger partial charge in [-0.1, -0.05) is 18.2 Å². The van der Waals surface area contributed by atoms with Gasteiger partial charge in [0.1, 0.15) is 11.4 Å². The normalized spacial score (nSPS) is 11.1. The van der Waals surface area contributed by atoms with Gasteiger partial charge in [-0.2, -0.15) is 5.10 Å². The Kier molecular flexibility index (Phi) is 2.14. The average Bonchev–Trinajstić information content (AvgIpc) is 2.85. The van der Waals surface area contributed by atoms with E-state index in [1.807, 2.05) is 37.3 Å². The monoisotopic (exact) mass is 227 g/mol. The lowest BCUT2D eigenvalue weighted by Gasteiger charge is -2.01. The van der Waals surface area contributed by atoms with E-state index in [4.69, 9.17) is 10.2 Å². The number of benzene rings is 1. The van der Waals surface area contributed by atoms with Crippen LogP contribution >= 0.6 is 0 Å². The standard InChI is InChI=1S/C13H13N3O/c1-9-6-13(14)16(15-9)7-10-8-17-12-5-3-2-4-11(10)12/h2-6,8H,7,14H2,1H3. The molecule has 4 heteroatoms. The van der Waals surface area contributed by atoms with E-state index in [1.165, 1.54) is 0 Å². The number of nitrogens with zero attached hydrogens (tertiary/aromatic N) is 2. The molecule has 0 aliphatic carbocycles. The number of aryl methyl sites for hydroxylation is 1. The maximum absolute atomic E-state index is 5.87. The minimum absolute atomic E-state index is 0.636. The molecule has 86 valence electrons. The van der Waals surface area contributed by atoms with Gasteiger partial charge in [0.2, 0.25) is 0 Å². The fraction of sp³-hybridized carbons (Fsp3) is 0.154. The topological polar surface area (TPSA) is 57.0 Å². The van der Waals surface area contributed by atoms with Gasteiger partial charge in [0.25, 0.3) is 0 Å². The Hall–Kier alpha value is -2.23. The summed E-state index contributed by atoms with van der Waals surface area (Å²) in [4.78, 5) is 0. The largest absolute Gasteiger partial charge is 0.464 e. The molecule has 2 heterocycles. The third-order valence-electron chi connectivity index (χ3n) is 2.81. The number of nitrogens with two attached hydrogens (primary N) is 1. The first kappa shape index (κ1) is 9.96.